The van der Waals surface area contributed by atoms with Gasteiger partial charge >= 0.3 is 0 Å². The van der Waals surface area contributed by atoms with Gasteiger partial charge in [0, 0.05) is 41.5 Å². The molecule has 0 amide bonds. The SMILES string of the molecule is Cc1ccncc1-c1nc(C)c(CN)c(C)n1. The number of pyridine rings is 1. The van der Waals surface area contributed by atoms with Gasteiger partial charge < -0.3 is 5.73 Å². The largest absolute Gasteiger partial charge is 0.326 e. The molecule has 0 aliphatic rings. The van der Waals surface area contributed by atoms with Crippen LogP contribution in [0.2, 0.25) is 0 Å². The minimum Gasteiger partial charge on any atom is -0.326 e. The van der Waals surface area contributed by atoms with Gasteiger partial charge in [-0.1, -0.05) is 0 Å². The molecule has 2 rings (SSSR count). The average Bonchev–Trinajstić information content (AvgIpc) is 2.29. The van der Waals surface area contributed by atoms with Gasteiger partial charge in [0.1, 0.15) is 0 Å². The molecule has 0 aliphatic heterocycles. The molecule has 0 fully saturated rings. The number of nitrogens with zero attached hydrogens (tertiary/aromatic N) is 3. The Bertz CT molecular complexity index is 526. The number of hydrogen-bond donors (Lipinski definition) is 1. The summed E-state index contributed by atoms with van der Waals surface area (Å²) in [5, 5.41) is 0. The summed E-state index contributed by atoms with van der Waals surface area (Å²) in [7, 11) is 0. The second kappa shape index (κ2) is 4.59. The van der Waals surface area contributed by atoms with E-state index in [9.17, 15) is 0 Å². The molecule has 88 valence electrons. The highest BCUT2D eigenvalue weighted by molar-refractivity contribution is 5.58. The van der Waals surface area contributed by atoms with Gasteiger partial charge in [0.15, 0.2) is 5.82 Å². The van der Waals surface area contributed by atoms with E-state index in [0.717, 1.165) is 33.9 Å². The monoisotopic (exact) mass is 228 g/mol. The van der Waals surface area contributed by atoms with E-state index in [-0.39, 0.29) is 0 Å². The standard InChI is InChI=1S/C13H16N4/c1-8-4-5-15-7-12(8)13-16-9(2)11(6-14)10(3)17-13/h4-5,7H,6,14H2,1-3H3. The molecule has 0 saturated carbocycles. The third kappa shape index (κ3) is 2.17. The summed E-state index contributed by atoms with van der Waals surface area (Å²) in [5.74, 6) is 0.725. The molecule has 2 aromatic rings. The Kier molecular flexibility index (Phi) is 3.15. The molecular weight excluding hydrogens is 212 g/mol. The van der Waals surface area contributed by atoms with Crippen molar-refractivity contribution in [2.24, 2.45) is 5.73 Å². The van der Waals surface area contributed by atoms with E-state index in [1.54, 1.807) is 12.4 Å². The van der Waals surface area contributed by atoms with Crippen LogP contribution in [-0.4, -0.2) is 15.0 Å². The minimum absolute atomic E-state index is 0.476. The molecule has 0 bridgehead atoms. The molecule has 0 unspecified atom stereocenters. The topological polar surface area (TPSA) is 64.7 Å². The van der Waals surface area contributed by atoms with Gasteiger partial charge in [0.2, 0.25) is 0 Å². The Hall–Kier alpha value is -1.81. The zero-order chi connectivity index (χ0) is 12.4. The van der Waals surface area contributed by atoms with E-state index in [1.807, 2.05) is 26.8 Å². The van der Waals surface area contributed by atoms with Gasteiger partial charge in [-0.2, -0.15) is 0 Å². The van der Waals surface area contributed by atoms with Crippen LogP contribution in [0.5, 0.6) is 0 Å². The quantitative estimate of drug-likeness (QED) is 0.853. The van der Waals surface area contributed by atoms with E-state index in [2.05, 4.69) is 15.0 Å². The van der Waals surface area contributed by atoms with Crippen LogP contribution in [0, 0.1) is 20.8 Å². The van der Waals surface area contributed by atoms with E-state index in [1.165, 1.54) is 0 Å². The number of hydrogen-bond acceptors (Lipinski definition) is 4. The first-order valence-corrected chi connectivity index (χ1v) is 5.58. The Labute approximate surface area is 101 Å². The van der Waals surface area contributed by atoms with Crippen molar-refractivity contribution in [1.29, 1.82) is 0 Å². The van der Waals surface area contributed by atoms with E-state index >= 15 is 0 Å². The number of nitrogens with two attached hydrogens (primary N) is 1. The molecule has 4 heteroatoms. The smallest absolute Gasteiger partial charge is 0.161 e. The van der Waals surface area contributed by atoms with Gasteiger partial charge in [-0.05, 0) is 32.4 Å². The molecule has 0 saturated heterocycles. The van der Waals surface area contributed by atoms with Crippen molar-refractivity contribution in [3.8, 4) is 11.4 Å². The number of aryl methyl sites for hydroxylation is 3. The Balaban J connectivity index is 2.59. The number of aromatic nitrogens is 3. The van der Waals surface area contributed by atoms with Crippen LogP contribution in [0.4, 0.5) is 0 Å². The molecule has 0 aliphatic carbocycles. The van der Waals surface area contributed by atoms with Crippen molar-refractivity contribution in [3.63, 3.8) is 0 Å². The summed E-state index contributed by atoms with van der Waals surface area (Å²) in [5.41, 5.74) is 10.7. The van der Waals surface area contributed by atoms with Crippen LogP contribution in [0.3, 0.4) is 0 Å². The lowest BCUT2D eigenvalue weighted by atomic mass is 10.1. The first-order chi connectivity index (χ1) is 8.13. The summed E-state index contributed by atoms with van der Waals surface area (Å²) in [6, 6.07) is 1.96. The van der Waals surface area contributed by atoms with Gasteiger partial charge in [-0.15, -0.1) is 0 Å². The summed E-state index contributed by atoms with van der Waals surface area (Å²) < 4.78 is 0. The van der Waals surface area contributed by atoms with Crippen LogP contribution in [-0.2, 0) is 6.54 Å². The van der Waals surface area contributed by atoms with E-state index in [4.69, 9.17) is 5.73 Å². The predicted molar refractivity (Wildman–Crippen MR) is 67.4 cm³/mol. The molecule has 17 heavy (non-hydrogen) atoms. The van der Waals surface area contributed by atoms with Crippen LogP contribution < -0.4 is 5.73 Å². The summed E-state index contributed by atoms with van der Waals surface area (Å²) in [6.45, 7) is 6.43. The fraction of sp³-hybridized carbons (Fsp3) is 0.308. The fourth-order valence-electron chi connectivity index (χ4n) is 1.85. The van der Waals surface area contributed by atoms with Crippen LogP contribution in [0.15, 0.2) is 18.5 Å². The lowest BCUT2D eigenvalue weighted by Crippen LogP contribution is -2.07. The van der Waals surface area contributed by atoms with Crippen molar-refractivity contribution in [2.45, 2.75) is 27.3 Å². The van der Waals surface area contributed by atoms with Crippen LogP contribution in [0.25, 0.3) is 11.4 Å². The van der Waals surface area contributed by atoms with Crippen molar-refractivity contribution in [2.75, 3.05) is 0 Å². The highest BCUT2D eigenvalue weighted by Crippen LogP contribution is 2.20. The van der Waals surface area contributed by atoms with Gasteiger partial charge in [-0.3, -0.25) is 4.98 Å². The summed E-state index contributed by atoms with van der Waals surface area (Å²) in [4.78, 5) is 13.1. The molecule has 2 heterocycles. The highest BCUT2D eigenvalue weighted by Gasteiger charge is 2.10. The fourth-order valence-corrected chi connectivity index (χ4v) is 1.85. The summed E-state index contributed by atoms with van der Waals surface area (Å²) >= 11 is 0. The molecule has 0 aromatic carbocycles. The molecule has 0 atom stereocenters. The van der Waals surface area contributed by atoms with Crippen molar-refractivity contribution < 1.29 is 0 Å². The van der Waals surface area contributed by atoms with Gasteiger partial charge in [-0.25, -0.2) is 9.97 Å². The van der Waals surface area contributed by atoms with E-state index in [0.29, 0.717) is 6.54 Å². The van der Waals surface area contributed by atoms with Crippen LogP contribution >= 0.6 is 0 Å². The molecule has 2 N–H and O–H groups in total. The zero-order valence-corrected chi connectivity index (χ0v) is 10.4. The normalized spacial score (nSPS) is 10.6. The van der Waals surface area contributed by atoms with Crippen molar-refractivity contribution >= 4 is 0 Å². The maximum absolute atomic E-state index is 5.68. The number of rotatable bonds is 2. The first-order valence-electron chi connectivity index (χ1n) is 5.58. The maximum atomic E-state index is 5.68. The molecule has 2 aromatic heterocycles. The molecule has 0 radical (unpaired) electrons. The Morgan fingerprint density at radius 1 is 1.12 bits per heavy atom. The maximum Gasteiger partial charge on any atom is 0.161 e. The van der Waals surface area contributed by atoms with Crippen molar-refractivity contribution in [3.05, 3.63) is 41.0 Å². The summed E-state index contributed by atoms with van der Waals surface area (Å²) in [6.07, 6.45) is 3.57. The third-order valence-corrected chi connectivity index (χ3v) is 2.90. The third-order valence-electron chi connectivity index (χ3n) is 2.90. The average molecular weight is 228 g/mol. The Morgan fingerprint density at radius 2 is 1.76 bits per heavy atom. The molecule has 0 spiro atoms. The second-order valence-corrected chi connectivity index (χ2v) is 4.09. The predicted octanol–water partition coefficient (Wildman–Crippen LogP) is 1.92. The van der Waals surface area contributed by atoms with Gasteiger partial charge in [0.05, 0.1) is 0 Å². The van der Waals surface area contributed by atoms with Gasteiger partial charge in [0.25, 0.3) is 0 Å². The van der Waals surface area contributed by atoms with Crippen molar-refractivity contribution in [1.82, 2.24) is 15.0 Å². The second-order valence-electron chi connectivity index (χ2n) is 4.09. The van der Waals surface area contributed by atoms with Crippen LogP contribution in [0.1, 0.15) is 22.5 Å². The zero-order valence-electron chi connectivity index (χ0n) is 10.4. The minimum atomic E-state index is 0.476. The lowest BCUT2D eigenvalue weighted by Gasteiger charge is -2.10. The Morgan fingerprint density at radius 3 is 2.29 bits per heavy atom. The first kappa shape index (κ1) is 11.7. The lowest BCUT2D eigenvalue weighted by molar-refractivity contribution is 0.937. The highest BCUT2D eigenvalue weighted by atomic mass is 14.9. The molecule has 4 nitrogen and oxygen atoms in total. The molecular formula is C13H16N4. The van der Waals surface area contributed by atoms with E-state index < -0.39 is 0 Å².